The molecule has 6 heteroatoms. The van der Waals surface area contributed by atoms with E-state index in [0.29, 0.717) is 17.9 Å². The molecule has 0 saturated carbocycles. The standard InChI is InChI=1S/C20H25NO5/c1-11-15(18(22)25-4)16-14-10-13(24-3)7-6-12(14)8-9-20(2,21-11)17(16)19(23)26-5/h6-7,10,15-17H,8-9H2,1-5H3/t15?,16?,17-,20?/m1/s1. The Morgan fingerprint density at radius 2 is 1.85 bits per heavy atom. The van der Waals surface area contributed by atoms with Crippen LogP contribution in [0.1, 0.15) is 37.3 Å². The summed E-state index contributed by atoms with van der Waals surface area (Å²) in [4.78, 5) is 30.2. The summed E-state index contributed by atoms with van der Waals surface area (Å²) in [6.07, 6.45) is 1.47. The molecular weight excluding hydrogens is 334 g/mol. The predicted molar refractivity (Wildman–Crippen MR) is 96.6 cm³/mol. The summed E-state index contributed by atoms with van der Waals surface area (Å²) in [6.45, 7) is 3.81. The van der Waals surface area contributed by atoms with Gasteiger partial charge in [0.05, 0.1) is 32.8 Å². The summed E-state index contributed by atoms with van der Waals surface area (Å²) in [7, 11) is 4.34. The molecule has 3 rings (SSSR count). The molecule has 0 N–H and O–H groups in total. The molecule has 26 heavy (non-hydrogen) atoms. The second-order valence-corrected chi connectivity index (χ2v) is 7.20. The number of carbonyl (C=O) groups excluding carboxylic acids is 2. The van der Waals surface area contributed by atoms with Crippen molar-refractivity contribution < 1.29 is 23.8 Å². The number of aliphatic imine (C=N–C) groups is 1. The van der Waals surface area contributed by atoms with Crippen LogP contribution in [-0.4, -0.2) is 44.5 Å². The minimum atomic E-state index is -0.626. The van der Waals surface area contributed by atoms with E-state index in [9.17, 15) is 9.59 Å². The van der Waals surface area contributed by atoms with Crippen LogP contribution in [-0.2, 0) is 25.5 Å². The quantitative estimate of drug-likeness (QED) is 0.776. The molecule has 0 amide bonds. The van der Waals surface area contributed by atoms with Crippen LogP contribution < -0.4 is 4.74 Å². The maximum Gasteiger partial charge on any atom is 0.315 e. The number of rotatable bonds is 3. The van der Waals surface area contributed by atoms with E-state index in [1.165, 1.54) is 14.2 Å². The molecular formula is C20H25NO5. The van der Waals surface area contributed by atoms with Gasteiger partial charge in [-0.2, -0.15) is 0 Å². The molecule has 0 fully saturated rings. The topological polar surface area (TPSA) is 74.2 Å². The number of fused-ring (bicyclic) bond motifs is 4. The second-order valence-electron chi connectivity index (χ2n) is 7.20. The van der Waals surface area contributed by atoms with E-state index in [0.717, 1.165) is 17.5 Å². The first-order valence-corrected chi connectivity index (χ1v) is 8.75. The number of benzene rings is 1. The minimum Gasteiger partial charge on any atom is -0.497 e. The molecule has 1 heterocycles. The van der Waals surface area contributed by atoms with Gasteiger partial charge < -0.3 is 14.2 Å². The van der Waals surface area contributed by atoms with Gasteiger partial charge in [0.1, 0.15) is 11.7 Å². The van der Waals surface area contributed by atoms with Gasteiger partial charge in [-0.1, -0.05) is 6.07 Å². The van der Waals surface area contributed by atoms with Crippen molar-refractivity contribution in [3.63, 3.8) is 0 Å². The molecule has 0 radical (unpaired) electrons. The van der Waals surface area contributed by atoms with Crippen molar-refractivity contribution in [2.45, 2.75) is 38.1 Å². The van der Waals surface area contributed by atoms with E-state index in [1.807, 2.05) is 32.0 Å². The normalized spacial score (nSPS) is 29.7. The second kappa shape index (κ2) is 6.74. The minimum absolute atomic E-state index is 0.349. The van der Waals surface area contributed by atoms with Gasteiger partial charge in [-0.05, 0) is 49.9 Å². The molecule has 140 valence electrons. The highest BCUT2D eigenvalue weighted by Gasteiger charge is 2.55. The Morgan fingerprint density at radius 1 is 1.15 bits per heavy atom. The van der Waals surface area contributed by atoms with E-state index in [-0.39, 0.29) is 11.9 Å². The van der Waals surface area contributed by atoms with Crippen molar-refractivity contribution in [3.05, 3.63) is 29.3 Å². The van der Waals surface area contributed by atoms with Crippen molar-refractivity contribution >= 4 is 17.7 Å². The molecule has 1 aromatic carbocycles. The summed E-state index contributed by atoms with van der Waals surface area (Å²) in [5, 5.41) is 0. The van der Waals surface area contributed by atoms with Gasteiger partial charge in [0.25, 0.3) is 0 Å². The lowest BCUT2D eigenvalue weighted by atomic mass is 9.65. The first-order chi connectivity index (χ1) is 12.4. The molecule has 0 aromatic heterocycles. The van der Waals surface area contributed by atoms with Crippen LogP contribution in [0.25, 0.3) is 0 Å². The van der Waals surface area contributed by atoms with Gasteiger partial charge in [0.15, 0.2) is 0 Å². The van der Waals surface area contributed by atoms with Gasteiger partial charge >= 0.3 is 11.9 Å². The zero-order chi connectivity index (χ0) is 19.1. The van der Waals surface area contributed by atoms with Crippen LogP contribution in [0.3, 0.4) is 0 Å². The first kappa shape index (κ1) is 18.4. The Kier molecular flexibility index (Phi) is 4.78. The lowest BCUT2D eigenvalue weighted by molar-refractivity contribution is -0.152. The fraction of sp³-hybridized carbons (Fsp3) is 0.550. The average molecular weight is 359 g/mol. The highest BCUT2D eigenvalue weighted by Crippen LogP contribution is 2.51. The number of methoxy groups -OCH3 is 3. The summed E-state index contributed by atoms with van der Waals surface area (Å²) in [5.41, 5.74) is 2.11. The molecule has 2 aliphatic rings. The molecule has 2 bridgehead atoms. The van der Waals surface area contributed by atoms with Crippen molar-refractivity contribution in [2.75, 3.05) is 21.3 Å². The summed E-state index contributed by atoms with van der Waals surface area (Å²) in [5.74, 6) is -1.62. The summed E-state index contributed by atoms with van der Waals surface area (Å²) < 4.78 is 15.6. The largest absolute Gasteiger partial charge is 0.497 e. The van der Waals surface area contributed by atoms with Crippen LogP contribution >= 0.6 is 0 Å². The Balaban J connectivity index is 2.29. The lowest BCUT2D eigenvalue weighted by Crippen LogP contribution is -2.51. The number of nitrogens with zero attached hydrogens (tertiary/aromatic N) is 1. The van der Waals surface area contributed by atoms with Crippen LogP contribution in [0.15, 0.2) is 23.2 Å². The van der Waals surface area contributed by atoms with Crippen LogP contribution in [0.4, 0.5) is 0 Å². The van der Waals surface area contributed by atoms with E-state index < -0.39 is 23.3 Å². The third kappa shape index (κ3) is 2.77. The molecule has 1 aliphatic carbocycles. The summed E-state index contributed by atoms with van der Waals surface area (Å²) in [6, 6.07) is 5.84. The monoisotopic (exact) mass is 359 g/mol. The van der Waals surface area contributed by atoms with Gasteiger partial charge in [0, 0.05) is 11.6 Å². The molecule has 0 saturated heterocycles. The highest BCUT2D eigenvalue weighted by molar-refractivity contribution is 6.04. The van der Waals surface area contributed by atoms with Gasteiger partial charge in [0.2, 0.25) is 0 Å². The number of carbonyl (C=O) groups is 2. The molecule has 1 aliphatic heterocycles. The van der Waals surface area contributed by atoms with Crippen LogP contribution in [0.5, 0.6) is 5.75 Å². The molecule has 6 nitrogen and oxygen atoms in total. The fourth-order valence-corrected chi connectivity index (χ4v) is 4.55. The van der Waals surface area contributed by atoms with Crippen LogP contribution in [0, 0.1) is 11.8 Å². The predicted octanol–water partition coefficient (Wildman–Crippen LogP) is 2.54. The van der Waals surface area contributed by atoms with E-state index in [4.69, 9.17) is 19.2 Å². The van der Waals surface area contributed by atoms with Crippen molar-refractivity contribution in [1.29, 1.82) is 0 Å². The van der Waals surface area contributed by atoms with Gasteiger partial charge in [-0.25, -0.2) is 0 Å². The maximum absolute atomic E-state index is 12.8. The molecule has 3 unspecified atom stereocenters. The van der Waals surface area contributed by atoms with Crippen molar-refractivity contribution in [2.24, 2.45) is 16.8 Å². The van der Waals surface area contributed by atoms with Gasteiger partial charge in [-0.3, -0.25) is 14.6 Å². The Morgan fingerprint density at radius 3 is 2.46 bits per heavy atom. The lowest BCUT2D eigenvalue weighted by Gasteiger charge is -2.43. The van der Waals surface area contributed by atoms with Crippen molar-refractivity contribution in [3.8, 4) is 5.75 Å². The number of aryl methyl sites for hydroxylation is 1. The Labute approximate surface area is 153 Å². The first-order valence-electron chi connectivity index (χ1n) is 8.75. The number of ether oxygens (including phenoxy) is 3. The van der Waals surface area contributed by atoms with Crippen LogP contribution in [0.2, 0.25) is 0 Å². The fourth-order valence-electron chi connectivity index (χ4n) is 4.55. The van der Waals surface area contributed by atoms with E-state index >= 15 is 0 Å². The number of hydrogen-bond donors (Lipinski definition) is 0. The van der Waals surface area contributed by atoms with Gasteiger partial charge in [-0.15, -0.1) is 0 Å². The molecule has 4 atom stereocenters. The molecule has 1 aromatic rings. The SMILES string of the molecule is COC(=O)C1C(C)=NC2(C)CCc3ccc(OC)cc3C1[C@@H]2C(=O)OC. The number of esters is 2. The average Bonchev–Trinajstić information content (AvgIpc) is 2.72. The Bertz CT molecular complexity index is 771. The highest BCUT2D eigenvalue weighted by atomic mass is 16.5. The zero-order valence-corrected chi connectivity index (χ0v) is 15.9. The maximum atomic E-state index is 12.8. The van der Waals surface area contributed by atoms with Crippen molar-refractivity contribution in [1.82, 2.24) is 0 Å². The number of hydrogen-bond acceptors (Lipinski definition) is 6. The molecule has 0 spiro atoms. The smallest absolute Gasteiger partial charge is 0.315 e. The summed E-state index contributed by atoms with van der Waals surface area (Å²) >= 11 is 0. The van der Waals surface area contributed by atoms with E-state index in [1.54, 1.807) is 7.11 Å². The third-order valence-electron chi connectivity index (χ3n) is 5.79. The van der Waals surface area contributed by atoms with E-state index in [2.05, 4.69) is 0 Å². The third-order valence-corrected chi connectivity index (χ3v) is 5.79. The Hall–Kier alpha value is -2.37. The zero-order valence-electron chi connectivity index (χ0n) is 15.9.